The topological polar surface area (TPSA) is 108 Å². The van der Waals surface area contributed by atoms with Gasteiger partial charge in [0.25, 0.3) is 0 Å². The molecule has 2 bridgehead atoms. The van der Waals surface area contributed by atoms with Gasteiger partial charge >= 0.3 is 6.09 Å². The van der Waals surface area contributed by atoms with E-state index in [0.717, 1.165) is 81.1 Å². The number of rotatable bonds is 10. The van der Waals surface area contributed by atoms with Crippen LogP contribution in [0, 0.1) is 18.3 Å². The molecule has 4 aliphatic carbocycles. The number of carbonyl (C=O) groups excluding carboxylic acids is 2. The van der Waals surface area contributed by atoms with Gasteiger partial charge in [-0.1, -0.05) is 12.1 Å². The largest absolute Gasteiger partial charge is 0.496 e. The molecule has 0 radical (unpaired) electrons. The van der Waals surface area contributed by atoms with Crippen molar-refractivity contribution in [3.63, 3.8) is 0 Å². The number of nitrogens with zero attached hydrogens (tertiary/aromatic N) is 4. The Balaban J connectivity index is 1.09. The highest BCUT2D eigenvalue weighted by atomic mass is 16.6. The van der Waals surface area contributed by atoms with E-state index in [1.807, 2.05) is 28.0 Å². The van der Waals surface area contributed by atoms with Crippen LogP contribution in [0.15, 0.2) is 48.9 Å². The van der Waals surface area contributed by atoms with Gasteiger partial charge in [0, 0.05) is 42.5 Å². The van der Waals surface area contributed by atoms with E-state index >= 15 is 0 Å². The minimum atomic E-state index is -0.388. The summed E-state index contributed by atoms with van der Waals surface area (Å²) in [7, 11) is 1.73. The van der Waals surface area contributed by atoms with Crippen molar-refractivity contribution < 1.29 is 23.8 Å². The van der Waals surface area contributed by atoms with E-state index in [2.05, 4.69) is 61.6 Å². The zero-order valence-corrected chi connectivity index (χ0v) is 29.5. The molecule has 3 aromatic rings. The number of hydrogen-bond donors (Lipinski definition) is 1. The molecule has 1 saturated heterocycles. The maximum absolute atomic E-state index is 14.6. The van der Waals surface area contributed by atoms with E-state index in [-0.39, 0.29) is 46.9 Å². The number of methoxy groups -OCH3 is 1. The average molecular weight is 670 g/mol. The van der Waals surface area contributed by atoms with E-state index < -0.39 is 0 Å². The van der Waals surface area contributed by atoms with Crippen LogP contribution in [0.3, 0.4) is 0 Å². The van der Waals surface area contributed by atoms with Crippen molar-refractivity contribution in [3.8, 4) is 16.9 Å². The number of ether oxygens (including phenoxy) is 3. The van der Waals surface area contributed by atoms with Crippen molar-refractivity contribution >= 4 is 17.8 Å². The van der Waals surface area contributed by atoms with Crippen LogP contribution in [0.2, 0.25) is 0 Å². The Labute approximate surface area is 289 Å². The van der Waals surface area contributed by atoms with E-state index in [9.17, 15) is 9.59 Å². The number of alkyl carbamates (subject to hydrolysis) is 1. The summed E-state index contributed by atoms with van der Waals surface area (Å²) >= 11 is 0. The SMILES string of the molecule is COc1ccc(C23CCC(CN(c4cc(-c5cnn(C(C)C)c5)ccn4)C(=O)[C@H]4CC[C@H](NC(=O)OC5COC5)CC4)(CC2)CC3)cc1C. The quantitative estimate of drug-likeness (QED) is 0.244. The lowest BCUT2D eigenvalue weighted by atomic mass is 9.51. The second-order valence-corrected chi connectivity index (χ2v) is 15.4. The fourth-order valence-electron chi connectivity index (χ4n) is 8.60. The first-order valence-electron chi connectivity index (χ1n) is 18.2. The molecule has 10 heteroatoms. The van der Waals surface area contributed by atoms with Crippen LogP contribution in [-0.2, 0) is 19.7 Å². The maximum atomic E-state index is 14.6. The lowest BCUT2D eigenvalue weighted by Crippen LogP contribution is -2.52. The lowest BCUT2D eigenvalue weighted by molar-refractivity contribution is -0.124. The number of benzene rings is 1. The summed E-state index contributed by atoms with van der Waals surface area (Å²) in [4.78, 5) is 33.9. The monoisotopic (exact) mass is 669 g/mol. The predicted octanol–water partition coefficient (Wildman–Crippen LogP) is 7.15. The summed E-state index contributed by atoms with van der Waals surface area (Å²) in [6.45, 7) is 7.97. The number of anilines is 1. The third kappa shape index (κ3) is 6.94. The molecular formula is C39H51N5O5. The number of hydrogen-bond acceptors (Lipinski definition) is 7. The second kappa shape index (κ2) is 13.8. The van der Waals surface area contributed by atoms with Crippen LogP contribution in [0.1, 0.15) is 95.2 Å². The Bertz CT molecular complexity index is 1630. The number of amides is 2. The summed E-state index contributed by atoms with van der Waals surface area (Å²) in [5, 5.41) is 7.58. The van der Waals surface area contributed by atoms with Crippen LogP contribution in [0.5, 0.6) is 5.75 Å². The molecule has 0 atom stereocenters. The fourth-order valence-corrected chi connectivity index (χ4v) is 8.60. The Hall–Kier alpha value is -3.92. The lowest BCUT2D eigenvalue weighted by Gasteiger charge is -2.55. The number of carbonyl (C=O) groups is 2. The number of aromatic nitrogens is 3. The van der Waals surface area contributed by atoms with E-state index in [1.165, 1.54) is 11.1 Å². The van der Waals surface area contributed by atoms with Gasteiger partial charge in [0.2, 0.25) is 5.91 Å². The molecule has 3 heterocycles. The molecule has 8 rings (SSSR count). The van der Waals surface area contributed by atoms with Crippen LogP contribution in [0.25, 0.3) is 11.1 Å². The van der Waals surface area contributed by atoms with Crippen LogP contribution >= 0.6 is 0 Å². The highest BCUT2D eigenvalue weighted by Gasteiger charge is 2.51. The third-order valence-corrected chi connectivity index (χ3v) is 11.9. The number of nitrogens with one attached hydrogen (secondary N) is 1. The summed E-state index contributed by atoms with van der Waals surface area (Å²) in [6.07, 6.45) is 14.8. The van der Waals surface area contributed by atoms with Crippen LogP contribution in [0.4, 0.5) is 10.6 Å². The maximum Gasteiger partial charge on any atom is 0.407 e. The molecular weight excluding hydrogens is 618 g/mol. The van der Waals surface area contributed by atoms with Gasteiger partial charge in [-0.2, -0.15) is 5.10 Å². The van der Waals surface area contributed by atoms with Crippen molar-refractivity contribution in [2.45, 2.75) is 109 Å². The van der Waals surface area contributed by atoms with Gasteiger partial charge in [0.1, 0.15) is 11.6 Å². The minimum Gasteiger partial charge on any atom is -0.496 e. The molecule has 1 N–H and O–H groups in total. The third-order valence-electron chi connectivity index (χ3n) is 11.9. The minimum absolute atomic E-state index is 0.00920. The normalized spacial score (nSPS) is 26.6. The van der Waals surface area contributed by atoms with Crippen molar-refractivity contribution in [3.05, 3.63) is 60.0 Å². The van der Waals surface area contributed by atoms with Gasteiger partial charge < -0.3 is 19.5 Å². The molecule has 0 unspecified atom stereocenters. The van der Waals surface area contributed by atoms with Gasteiger partial charge in [0.15, 0.2) is 6.10 Å². The average Bonchev–Trinajstić information content (AvgIpc) is 3.61. The molecule has 5 fully saturated rings. The summed E-state index contributed by atoms with van der Waals surface area (Å²) in [6, 6.07) is 11.1. The predicted molar refractivity (Wildman–Crippen MR) is 188 cm³/mol. The second-order valence-electron chi connectivity index (χ2n) is 15.4. The van der Waals surface area contributed by atoms with E-state index in [4.69, 9.17) is 19.2 Å². The first-order valence-corrected chi connectivity index (χ1v) is 18.2. The standard InChI is InChI=1S/C39H51N5O5/c1-26(2)44-22-30(21-41-44)29-11-18-40-35(20-29)43(36(45)28-5-8-32(9-6-28)42-37(46)49-33-23-48-24-33)25-38-12-15-39(16-13-38,17-14-38)31-7-10-34(47-4)27(3)19-31/h7,10-11,18-22,26,28,32-33H,5-6,8-9,12-17,23-25H2,1-4H3,(H,42,46)/t28-,32-,38?,39?. The summed E-state index contributed by atoms with van der Waals surface area (Å²) < 4.78 is 18.0. The number of aryl methyl sites for hydroxylation is 1. The number of fused-ring (bicyclic) bond motifs is 3. The summed E-state index contributed by atoms with van der Waals surface area (Å²) in [5.41, 5.74) is 4.90. The Kier molecular flexibility index (Phi) is 9.43. The summed E-state index contributed by atoms with van der Waals surface area (Å²) in [5.74, 6) is 1.69. The molecule has 262 valence electrons. The van der Waals surface area contributed by atoms with Crippen molar-refractivity contribution in [2.75, 3.05) is 31.8 Å². The molecule has 10 nitrogen and oxygen atoms in total. The van der Waals surface area contributed by atoms with Gasteiger partial charge in [-0.25, -0.2) is 9.78 Å². The molecule has 5 aliphatic rings. The van der Waals surface area contributed by atoms with Crippen LogP contribution < -0.4 is 15.0 Å². The fraction of sp³-hybridized carbons (Fsp3) is 0.590. The smallest absolute Gasteiger partial charge is 0.407 e. The highest BCUT2D eigenvalue weighted by molar-refractivity contribution is 5.95. The first kappa shape index (κ1) is 33.6. The first-order chi connectivity index (χ1) is 23.7. The number of pyridine rings is 1. The van der Waals surface area contributed by atoms with Gasteiger partial charge in [-0.05, 0) is 131 Å². The molecule has 2 aromatic heterocycles. The van der Waals surface area contributed by atoms with Crippen LogP contribution in [-0.4, -0.2) is 65.8 Å². The molecule has 1 aromatic carbocycles. The molecule has 2 amide bonds. The Morgan fingerprint density at radius 1 is 1.02 bits per heavy atom. The van der Waals surface area contributed by atoms with Gasteiger partial charge in [-0.15, -0.1) is 0 Å². The van der Waals surface area contributed by atoms with E-state index in [1.54, 1.807) is 7.11 Å². The molecule has 4 saturated carbocycles. The van der Waals surface area contributed by atoms with Crippen molar-refractivity contribution in [1.82, 2.24) is 20.1 Å². The Morgan fingerprint density at radius 2 is 1.76 bits per heavy atom. The zero-order chi connectivity index (χ0) is 34.2. The van der Waals surface area contributed by atoms with Gasteiger partial charge in [0.05, 0.1) is 26.5 Å². The highest BCUT2D eigenvalue weighted by Crippen LogP contribution is 2.58. The zero-order valence-electron chi connectivity index (χ0n) is 29.5. The molecule has 1 aliphatic heterocycles. The van der Waals surface area contributed by atoms with E-state index in [0.29, 0.717) is 25.6 Å². The van der Waals surface area contributed by atoms with Crippen molar-refractivity contribution in [2.24, 2.45) is 11.3 Å². The Morgan fingerprint density at radius 3 is 2.37 bits per heavy atom. The van der Waals surface area contributed by atoms with Gasteiger partial charge in [-0.3, -0.25) is 14.4 Å². The molecule has 49 heavy (non-hydrogen) atoms. The van der Waals surface area contributed by atoms with Crippen molar-refractivity contribution in [1.29, 1.82) is 0 Å². The molecule has 0 spiro atoms.